The van der Waals surface area contributed by atoms with Gasteiger partial charge in [-0.3, -0.25) is 0 Å². The van der Waals surface area contributed by atoms with Gasteiger partial charge < -0.3 is 15.5 Å². The highest BCUT2D eigenvalue weighted by atomic mass is 16.3. The molecule has 1 aliphatic rings. The van der Waals surface area contributed by atoms with Gasteiger partial charge in [0.2, 0.25) is 0 Å². The van der Waals surface area contributed by atoms with Crippen LogP contribution in [0, 0.1) is 5.92 Å². The zero-order valence-corrected chi connectivity index (χ0v) is 11.8. The standard InChI is InChI=1S/C14H29NO2/c1-5-12-6-8-14(17,9-7-12)10-15-11(2)13(3,4)16/h11-12,15-17H,5-10H2,1-4H3. The molecule has 0 aromatic heterocycles. The fourth-order valence-corrected chi connectivity index (χ4v) is 2.39. The van der Waals surface area contributed by atoms with Gasteiger partial charge in [0.15, 0.2) is 0 Å². The highest BCUT2D eigenvalue weighted by Crippen LogP contribution is 2.33. The molecular weight excluding hydrogens is 214 g/mol. The van der Waals surface area contributed by atoms with Crippen LogP contribution in [0.3, 0.4) is 0 Å². The van der Waals surface area contributed by atoms with E-state index in [9.17, 15) is 10.2 Å². The molecule has 1 aliphatic carbocycles. The summed E-state index contributed by atoms with van der Waals surface area (Å²) in [5.74, 6) is 0.794. The number of rotatable bonds is 5. The van der Waals surface area contributed by atoms with E-state index < -0.39 is 11.2 Å². The predicted octanol–water partition coefficient (Wildman–Crippen LogP) is 2.07. The molecule has 0 spiro atoms. The molecule has 102 valence electrons. The predicted molar refractivity (Wildman–Crippen MR) is 71.0 cm³/mol. The topological polar surface area (TPSA) is 52.5 Å². The molecule has 0 radical (unpaired) electrons. The Balaban J connectivity index is 2.36. The highest BCUT2D eigenvalue weighted by molar-refractivity contribution is 4.90. The maximum Gasteiger partial charge on any atom is 0.0771 e. The van der Waals surface area contributed by atoms with E-state index in [0.717, 1.165) is 31.6 Å². The summed E-state index contributed by atoms with van der Waals surface area (Å²) in [4.78, 5) is 0. The SMILES string of the molecule is CCC1CCC(O)(CNC(C)C(C)(C)O)CC1. The second kappa shape index (κ2) is 5.68. The lowest BCUT2D eigenvalue weighted by Gasteiger charge is -2.38. The summed E-state index contributed by atoms with van der Waals surface area (Å²) in [5, 5.41) is 23.6. The van der Waals surface area contributed by atoms with Crippen molar-refractivity contribution in [2.24, 2.45) is 5.92 Å². The van der Waals surface area contributed by atoms with Crippen LogP contribution >= 0.6 is 0 Å². The van der Waals surface area contributed by atoms with Crippen LogP contribution in [0.15, 0.2) is 0 Å². The van der Waals surface area contributed by atoms with Crippen molar-refractivity contribution in [3.8, 4) is 0 Å². The van der Waals surface area contributed by atoms with Crippen LogP contribution < -0.4 is 5.32 Å². The Kier molecular flexibility index (Phi) is 4.99. The molecule has 3 N–H and O–H groups in total. The molecule has 0 aromatic carbocycles. The van der Waals surface area contributed by atoms with Crippen molar-refractivity contribution in [1.29, 1.82) is 0 Å². The number of aliphatic hydroxyl groups is 2. The monoisotopic (exact) mass is 243 g/mol. The van der Waals surface area contributed by atoms with Gasteiger partial charge >= 0.3 is 0 Å². The third-order valence-electron chi connectivity index (χ3n) is 4.41. The Morgan fingerprint density at radius 3 is 2.29 bits per heavy atom. The first kappa shape index (κ1) is 14.9. The lowest BCUT2D eigenvalue weighted by atomic mass is 9.77. The van der Waals surface area contributed by atoms with Crippen LogP contribution in [0.2, 0.25) is 0 Å². The van der Waals surface area contributed by atoms with Crippen molar-refractivity contribution in [2.75, 3.05) is 6.54 Å². The Hall–Kier alpha value is -0.120. The average Bonchev–Trinajstić information content (AvgIpc) is 2.26. The Morgan fingerprint density at radius 2 is 1.88 bits per heavy atom. The first-order chi connectivity index (χ1) is 7.77. The van der Waals surface area contributed by atoms with Crippen LogP contribution in [0.4, 0.5) is 0 Å². The Bertz CT molecular complexity index is 227. The number of hydrogen-bond acceptors (Lipinski definition) is 3. The molecule has 0 saturated heterocycles. The van der Waals surface area contributed by atoms with Crippen LogP contribution in [-0.4, -0.2) is 34.0 Å². The summed E-state index contributed by atoms with van der Waals surface area (Å²) in [7, 11) is 0. The van der Waals surface area contributed by atoms with E-state index in [-0.39, 0.29) is 6.04 Å². The molecule has 1 rings (SSSR count). The average molecular weight is 243 g/mol. The van der Waals surface area contributed by atoms with Crippen molar-refractivity contribution in [3.63, 3.8) is 0 Å². The van der Waals surface area contributed by atoms with Crippen LogP contribution in [-0.2, 0) is 0 Å². The van der Waals surface area contributed by atoms with Gasteiger partial charge in [0, 0.05) is 12.6 Å². The molecule has 0 bridgehead atoms. The lowest BCUT2D eigenvalue weighted by Crippen LogP contribution is -2.51. The summed E-state index contributed by atoms with van der Waals surface area (Å²) in [6.45, 7) is 8.37. The van der Waals surface area contributed by atoms with Crippen molar-refractivity contribution in [2.45, 2.75) is 77.0 Å². The van der Waals surface area contributed by atoms with Crippen LogP contribution in [0.5, 0.6) is 0 Å². The number of nitrogens with one attached hydrogen (secondary N) is 1. The lowest BCUT2D eigenvalue weighted by molar-refractivity contribution is -0.0217. The third kappa shape index (κ3) is 4.57. The number of hydrogen-bond donors (Lipinski definition) is 3. The zero-order valence-electron chi connectivity index (χ0n) is 11.8. The summed E-state index contributed by atoms with van der Waals surface area (Å²) in [5.41, 5.74) is -1.30. The van der Waals surface area contributed by atoms with Gasteiger partial charge in [-0.2, -0.15) is 0 Å². The summed E-state index contributed by atoms with van der Waals surface area (Å²) in [6, 6.07) is -0.00424. The molecule has 0 amide bonds. The van der Waals surface area contributed by atoms with Gasteiger partial charge in [-0.25, -0.2) is 0 Å². The maximum atomic E-state index is 10.5. The quantitative estimate of drug-likeness (QED) is 0.693. The van der Waals surface area contributed by atoms with Crippen molar-refractivity contribution >= 4 is 0 Å². The summed E-state index contributed by atoms with van der Waals surface area (Å²) < 4.78 is 0. The third-order valence-corrected chi connectivity index (χ3v) is 4.41. The molecule has 0 aliphatic heterocycles. The van der Waals surface area contributed by atoms with Crippen molar-refractivity contribution < 1.29 is 10.2 Å². The van der Waals surface area contributed by atoms with E-state index in [0.29, 0.717) is 6.54 Å². The van der Waals surface area contributed by atoms with Gasteiger partial charge in [0.25, 0.3) is 0 Å². The molecule has 3 heteroatoms. The van der Waals surface area contributed by atoms with E-state index in [2.05, 4.69) is 12.2 Å². The fourth-order valence-electron chi connectivity index (χ4n) is 2.39. The molecule has 0 aromatic rings. The molecule has 1 saturated carbocycles. The van der Waals surface area contributed by atoms with Crippen molar-refractivity contribution in [1.82, 2.24) is 5.32 Å². The van der Waals surface area contributed by atoms with E-state index >= 15 is 0 Å². The molecule has 1 unspecified atom stereocenters. The zero-order chi connectivity index (χ0) is 13.1. The molecule has 3 nitrogen and oxygen atoms in total. The largest absolute Gasteiger partial charge is 0.389 e. The van der Waals surface area contributed by atoms with Gasteiger partial charge in [0.05, 0.1) is 11.2 Å². The summed E-state index contributed by atoms with van der Waals surface area (Å²) >= 11 is 0. The van der Waals surface area contributed by atoms with Crippen molar-refractivity contribution in [3.05, 3.63) is 0 Å². The van der Waals surface area contributed by atoms with E-state index in [1.165, 1.54) is 6.42 Å². The van der Waals surface area contributed by atoms with Crippen LogP contribution in [0.1, 0.15) is 59.8 Å². The van der Waals surface area contributed by atoms with E-state index in [1.54, 1.807) is 13.8 Å². The second-order valence-electron chi connectivity index (χ2n) is 6.33. The normalized spacial score (nSPS) is 32.5. The first-order valence-corrected chi connectivity index (χ1v) is 6.95. The van der Waals surface area contributed by atoms with E-state index in [4.69, 9.17) is 0 Å². The van der Waals surface area contributed by atoms with Gasteiger partial charge in [-0.1, -0.05) is 13.3 Å². The van der Waals surface area contributed by atoms with Crippen LogP contribution in [0.25, 0.3) is 0 Å². The second-order valence-corrected chi connectivity index (χ2v) is 6.33. The molecule has 1 atom stereocenters. The van der Waals surface area contributed by atoms with Gasteiger partial charge in [-0.05, 0) is 52.4 Å². The first-order valence-electron chi connectivity index (χ1n) is 6.95. The minimum atomic E-state index is -0.739. The van der Waals surface area contributed by atoms with Gasteiger partial charge in [0.1, 0.15) is 0 Å². The molecular formula is C14H29NO2. The molecule has 1 fully saturated rings. The maximum absolute atomic E-state index is 10.5. The smallest absolute Gasteiger partial charge is 0.0771 e. The Morgan fingerprint density at radius 1 is 1.35 bits per heavy atom. The minimum absolute atomic E-state index is 0.00424. The summed E-state index contributed by atoms with van der Waals surface area (Å²) in [6.07, 6.45) is 5.26. The minimum Gasteiger partial charge on any atom is -0.389 e. The van der Waals surface area contributed by atoms with Gasteiger partial charge in [-0.15, -0.1) is 0 Å². The Labute approximate surface area is 106 Å². The molecule has 0 heterocycles. The fraction of sp³-hybridized carbons (Fsp3) is 1.00. The van der Waals surface area contributed by atoms with E-state index in [1.807, 2.05) is 6.92 Å². The highest BCUT2D eigenvalue weighted by Gasteiger charge is 2.33. The molecule has 17 heavy (non-hydrogen) atoms.